The molecule has 0 unspecified atom stereocenters. The van der Waals surface area contributed by atoms with E-state index in [1.165, 1.54) is 64.7 Å². The fourth-order valence-electron chi connectivity index (χ4n) is 16.4. The molecule has 0 bridgehead atoms. The van der Waals surface area contributed by atoms with Crippen molar-refractivity contribution in [1.82, 2.24) is 4.57 Å². The Hall–Kier alpha value is -12.4. The molecule has 15 aromatic carbocycles. The molecule has 0 atom stereocenters. The zero-order valence-corrected chi connectivity index (χ0v) is 54.7. The highest BCUT2D eigenvalue weighted by Crippen LogP contribution is 2.54. The van der Waals surface area contributed by atoms with Crippen molar-refractivity contribution in [2.24, 2.45) is 0 Å². The normalized spacial score (nSPS) is 12.9. The van der Waals surface area contributed by atoms with Crippen molar-refractivity contribution in [3.63, 3.8) is 0 Å². The van der Waals surface area contributed by atoms with E-state index in [2.05, 4.69) is 393 Å². The van der Waals surface area contributed by atoms with Gasteiger partial charge in [0.25, 0.3) is 6.71 Å². The number of benzene rings is 15. The van der Waals surface area contributed by atoms with Gasteiger partial charge in [-0.25, -0.2) is 0 Å². The van der Waals surface area contributed by atoms with Gasteiger partial charge in [-0.15, -0.1) is 0 Å². The van der Waals surface area contributed by atoms with Crippen LogP contribution in [0.15, 0.2) is 374 Å². The molecule has 0 saturated heterocycles. The number of nitrogens with zero attached hydrogens (tertiary/aromatic N) is 6. The number of hydrogen-bond donors (Lipinski definition) is 0. The lowest BCUT2D eigenvalue weighted by atomic mass is 9.31. The summed E-state index contributed by atoms with van der Waals surface area (Å²) in [6.07, 6.45) is 0. The maximum Gasteiger partial charge on any atom is 0.252 e. The molecule has 0 aliphatic carbocycles. The summed E-state index contributed by atoms with van der Waals surface area (Å²) < 4.78 is 2.46. The van der Waals surface area contributed by atoms with Crippen LogP contribution in [-0.4, -0.2) is 18.0 Å². The second kappa shape index (κ2) is 23.2. The van der Waals surface area contributed by atoms with Crippen LogP contribution >= 0.6 is 11.8 Å². The van der Waals surface area contributed by atoms with Gasteiger partial charge in [-0.1, -0.05) is 236 Å². The Morgan fingerprint density at radius 1 is 0.242 bits per heavy atom. The lowest BCUT2D eigenvalue weighted by molar-refractivity contribution is 1.18. The van der Waals surface area contributed by atoms with Gasteiger partial charge < -0.3 is 29.1 Å². The molecule has 6 nitrogen and oxygen atoms in total. The molecule has 9 heteroatoms. The minimum Gasteiger partial charge on any atom is -0.311 e. The number of fused-ring (bicyclic) bond motifs is 11. The molecule has 99 heavy (non-hydrogen) atoms. The van der Waals surface area contributed by atoms with Gasteiger partial charge in [0.15, 0.2) is 0 Å². The predicted octanol–water partition coefficient (Wildman–Crippen LogP) is 20.2. The van der Waals surface area contributed by atoms with Gasteiger partial charge in [-0.3, -0.25) is 0 Å². The first kappa shape index (κ1) is 56.9. The molecule has 0 radical (unpaired) electrons. The monoisotopic (exact) mass is 1280 g/mol. The molecule has 4 aliphatic rings. The summed E-state index contributed by atoms with van der Waals surface area (Å²) in [5.74, 6) is 0. The van der Waals surface area contributed by atoms with Crippen LogP contribution in [-0.2, 0) is 0 Å². The number of aromatic nitrogens is 1. The topological polar surface area (TPSA) is 21.1 Å². The molecule has 0 saturated carbocycles. The average Bonchev–Trinajstić information content (AvgIpc) is 0.784. The maximum atomic E-state index is 2.69. The van der Waals surface area contributed by atoms with Crippen LogP contribution in [0.2, 0.25) is 0 Å². The van der Waals surface area contributed by atoms with Crippen molar-refractivity contribution in [2.45, 2.75) is 9.79 Å². The summed E-state index contributed by atoms with van der Waals surface area (Å²) in [5.41, 5.74) is 30.0. The maximum absolute atomic E-state index is 2.69. The van der Waals surface area contributed by atoms with Crippen LogP contribution in [0.25, 0.3) is 38.6 Å². The zero-order valence-electron chi connectivity index (χ0n) is 53.9. The van der Waals surface area contributed by atoms with Gasteiger partial charge >= 0.3 is 0 Å². The largest absolute Gasteiger partial charge is 0.311 e. The second-order valence-corrected chi connectivity index (χ2v) is 27.0. The van der Waals surface area contributed by atoms with E-state index in [9.17, 15) is 0 Å². The van der Waals surface area contributed by atoms with E-state index in [0.717, 1.165) is 102 Å². The van der Waals surface area contributed by atoms with E-state index in [1.807, 2.05) is 11.8 Å². The Labute approximate surface area is 581 Å². The molecule has 5 heterocycles. The lowest BCUT2D eigenvalue weighted by Crippen LogP contribution is -2.64. The van der Waals surface area contributed by atoms with Crippen LogP contribution in [0.4, 0.5) is 85.3 Å². The molecule has 0 fully saturated rings. The van der Waals surface area contributed by atoms with Crippen LogP contribution in [0, 0.1) is 0 Å². The first-order chi connectivity index (χ1) is 49.2. The van der Waals surface area contributed by atoms with Gasteiger partial charge in [0.2, 0.25) is 6.71 Å². The Morgan fingerprint density at radius 2 is 0.667 bits per heavy atom. The molecule has 0 spiro atoms. The SMILES string of the molecule is c1ccc(-c2cc3c(cc2N2c4cc5c(cc4B4c6ccccc6N(c6ccccc6)c6cc(N(c7ccccc7)c7ccccc7)cc2c64)B2c4ccccc4N(c4ccccc4)c4cc(N(c6ccccc6)c6ccccc6)cc(c42)S5)c2ccccc2n3-c2ccccc2)cc1. The van der Waals surface area contributed by atoms with Gasteiger partial charge in [0.05, 0.1) is 22.4 Å². The highest BCUT2D eigenvalue weighted by Gasteiger charge is 2.48. The summed E-state index contributed by atoms with van der Waals surface area (Å²) in [6.45, 7) is -0.314. The smallest absolute Gasteiger partial charge is 0.252 e. The lowest BCUT2D eigenvalue weighted by Gasteiger charge is -2.46. The molecule has 0 amide bonds. The van der Waals surface area contributed by atoms with Gasteiger partial charge in [0.1, 0.15) is 0 Å². The Morgan fingerprint density at radius 3 is 1.20 bits per heavy atom. The van der Waals surface area contributed by atoms with Crippen molar-refractivity contribution in [2.75, 3.05) is 24.5 Å². The molecule has 16 aromatic rings. The first-order valence-corrected chi connectivity index (χ1v) is 34.9. The second-order valence-electron chi connectivity index (χ2n) is 25.9. The van der Waals surface area contributed by atoms with Crippen molar-refractivity contribution in [3.05, 3.63) is 364 Å². The van der Waals surface area contributed by atoms with Gasteiger partial charge in [-0.2, -0.15) is 0 Å². The summed E-state index contributed by atoms with van der Waals surface area (Å²) >= 11 is 1.91. The van der Waals surface area contributed by atoms with Crippen molar-refractivity contribution in [3.8, 4) is 16.8 Å². The minimum absolute atomic E-state index is 0.120. The van der Waals surface area contributed by atoms with Gasteiger partial charge in [0, 0.05) is 106 Å². The van der Waals surface area contributed by atoms with Crippen LogP contribution < -0.4 is 57.3 Å². The summed E-state index contributed by atoms with van der Waals surface area (Å²) in [6, 6.07) is 135. The molecule has 20 rings (SSSR count). The zero-order chi connectivity index (χ0) is 65.1. The standard InChI is InChI=1S/C90H60B2N6S/c1-9-31-61(32-10-1)72-57-82-73(71-47-25-28-50-78(71)95(82)66-41-19-6-20-42-66)58-81(72)98-83-60-87-77(92-75-49-27-30-52-80(75)97(68-45-23-8-24-46-68)86-55-70(56-88(99-87)90(86)92)94(64-37-15-4-16-38-64)65-39-17-5-18-40-65)59-76(83)91-74-48-26-29-51-79(74)96(67-43-21-7-22-44-67)84-53-69(54-85(98)89(84)91)93(62-33-11-2-12-34-62)63-35-13-3-14-36-63/h1-60H. The number of para-hydroxylation sites is 10. The number of rotatable bonds is 11. The Bertz CT molecular complexity index is 5730. The molecular weight excluding hydrogens is 1220 g/mol. The predicted molar refractivity (Wildman–Crippen MR) is 420 cm³/mol. The number of anilines is 15. The molecule has 1 aromatic heterocycles. The third-order valence-electron chi connectivity index (χ3n) is 20.5. The van der Waals surface area contributed by atoms with E-state index in [4.69, 9.17) is 0 Å². The fourth-order valence-corrected chi connectivity index (χ4v) is 17.6. The summed E-state index contributed by atoms with van der Waals surface area (Å²) in [5, 5.41) is 2.37. The highest BCUT2D eigenvalue weighted by molar-refractivity contribution is 8.00. The third-order valence-corrected chi connectivity index (χ3v) is 21.6. The van der Waals surface area contributed by atoms with E-state index in [0.29, 0.717) is 0 Å². The molecule has 462 valence electrons. The van der Waals surface area contributed by atoms with Crippen LogP contribution in [0.5, 0.6) is 0 Å². The van der Waals surface area contributed by atoms with Crippen LogP contribution in [0.1, 0.15) is 0 Å². The quantitative estimate of drug-likeness (QED) is 0.120. The third kappa shape index (κ3) is 9.08. The summed E-state index contributed by atoms with van der Waals surface area (Å²) in [7, 11) is 0. The Kier molecular flexibility index (Phi) is 13.3. The Balaban J connectivity index is 0.923. The van der Waals surface area contributed by atoms with Crippen molar-refractivity contribution in [1.29, 1.82) is 0 Å². The van der Waals surface area contributed by atoms with Crippen molar-refractivity contribution >= 4 is 165 Å². The minimum atomic E-state index is -0.194. The summed E-state index contributed by atoms with van der Waals surface area (Å²) in [4.78, 5) is 15.1. The fraction of sp³-hybridized carbons (Fsp3) is 0. The highest BCUT2D eigenvalue weighted by atomic mass is 32.2. The average molecular weight is 1280 g/mol. The van der Waals surface area contributed by atoms with Crippen LogP contribution in [0.3, 0.4) is 0 Å². The van der Waals surface area contributed by atoms with E-state index in [-0.39, 0.29) is 13.4 Å². The molecule has 4 aliphatic heterocycles. The van der Waals surface area contributed by atoms with E-state index in [1.54, 1.807) is 0 Å². The van der Waals surface area contributed by atoms with Gasteiger partial charge in [-0.05, 0) is 178 Å². The van der Waals surface area contributed by atoms with E-state index < -0.39 is 0 Å². The van der Waals surface area contributed by atoms with Crippen molar-refractivity contribution < 1.29 is 0 Å². The van der Waals surface area contributed by atoms with E-state index >= 15 is 0 Å². The molecule has 0 N–H and O–H groups in total. The number of hydrogen-bond acceptors (Lipinski definition) is 6. The first-order valence-electron chi connectivity index (χ1n) is 34.1. The molecular formula is C90H60B2N6S.